The zero-order valence-electron chi connectivity index (χ0n) is 7.73. The third kappa shape index (κ3) is 1.45. The Labute approximate surface area is 69.3 Å². The second-order valence-corrected chi connectivity index (χ2v) is 3.03. The summed E-state index contributed by atoms with van der Waals surface area (Å²) in [6.07, 6.45) is 2.18. The predicted octanol–water partition coefficient (Wildman–Crippen LogP) is 3.18. The molecule has 0 N–H and O–H groups in total. The summed E-state index contributed by atoms with van der Waals surface area (Å²) in [5.74, 6) is 0. The molecule has 0 nitrogen and oxygen atoms in total. The van der Waals surface area contributed by atoms with Gasteiger partial charge in [0, 0.05) is 0 Å². The van der Waals surface area contributed by atoms with E-state index < -0.39 is 0 Å². The van der Waals surface area contributed by atoms with Crippen LogP contribution in [0, 0.1) is 27.2 Å². The van der Waals surface area contributed by atoms with Crippen LogP contribution in [0.25, 0.3) is 0 Å². The van der Waals surface area contributed by atoms with Gasteiger partial charge in [-0.1, -0.05) is 19.1 Å². The monoisotopic (exact) mass is 147 g/mol. The number of rotatable bonds is 1. The maximum atomic E-state index is 2.18. The van der Waals surface area contributed by atoms with Gasteiger partial charge >= 0.3 is 0 Å². The van der Waals surface area contributed by atoms with Gasteiger partial charge in [0.05, 0.1) is 0 Å². The van der Waals surface area contributed by atoms with Crippen LogP contribution in [-0.4, -0.2) is 0 Å². The van der Waals surface area contributed by atoms with Crippen molar-refractivity contribution in [3.63, 3.8) is 0 Å². The number of hydrogen-bond acceptors (Lipinski definition) is 0. The van der Waals surface area contributed by atoms with E-state index in [2.05, 4.69) is 46.2 Å². The highest BCUT2D eigenvalue weighted by atomic mass is 14.1. The van der Waals surface area contributed by atoms with Crippen molar-refractivity contribution in [3.05, 3.63) is 40.8 Å². The summed E-state index contributed by atoms with van der Waals surface area (Å²) in [7, 11) is 0. The van der Waals surface area contributed by atoms with Crippen LogP contribution in [0.5, 0.6) is 0 Å². The van der Waals surface area contributed by atoms with E-state index in [1.54, 1.807) is 0 Å². The van der Waals surface area contributed by atoms with Gasteiger partial charge < -0.3 is 0 Å². The van der Waals surface area contributed by atoms with E-state index >= 15 is 0 Å². The zero-order chi connectivity index (χ0) is 8.43. The molecule has 0 spiro atoms. The van der Waals surface area contributed by atoms with E-state index in [-0.39, 0.29) is 0 Å². The van der Waals surface area contributed by atoms with Crippen molar-refractivity contribution < 1.29 is 0 Å². The third-order valence-electron chi connectivity index (χ3n) is 2.29. The van der Waals surface area contributed by atoms with Crippen molar-refractivity contribution in [3.8, 4) is 0 Å². The molecule has 0 bridgehead atoms. The van der Waals surface area contributed by atoms with Gasteiger partial charge in [0.1, 0.15) is 0 Å². The van der Waals surface area contributed by atoms with Gasteiger partial charge in [-0.05, 0) is 49.4 Å². The molecule has 1 aromatic carbocycles. The lowest BCUT2D eigenvalue weighted by Gasteiger charge is -2.09. The minimum absolute atomic E-state index is 1.37. The topological polar surface area (TPSA) is 0 Å². The summed E-state index contributed by atoms with van der Waals surface area (Å²) < 4.78 is 0. The van der Waals surface area contributed by atoms with E-state index in [4.69, 9.17) is 0 Å². The SMILES string of the molecule is C[CH]c1c(C)ccc(C)c1C. The smallest absolute Gasteiger partial charge is 0.0119 e. The second-order valence-electron chi connectivity index (χ2n) is 3.03. The fraction of sp³-hybridized carbons (Fsp3) is 0.364. The van der Waals surface area contributed by atoms with E-state index in [1.807, 2.05) is 0 Å². The fourth-order valence-corrected chi connectivity index (χ4v) is 1.42. The minimum atomic E-state index is 1.37. The van der Waals surface area contributed by atoms with Gasteiger partial charge in [-0.2, -0.15) is 0 Å². The van der Waals surface area contributed by atoms with Crippen molar-refractivity contribution in [1.29, 1.82) is 0 Å². The summed E-state index contributed by atoms with van der Waals surface area (Å²) in [6, 6.07) is 4.36. The van der Waals surface area contributed by atoms with Gasteiger partial charge in [0.15, 0.2) is 0 Å². The van der Waals surface area contributed by atoms with Crippen molar-refractivity contribution in [2.24, 2.45) is 0 Å². The largest absolute Gasteiger partial charge is 0.0588 e. The molecule has 0 aliphatic carbocycles. The van der Waals surface area contributed by atoms with Crippen LogP contribution in [0.1, 0.15) is 29.2 Å². The van der Waals surface area contributed by atoms with Crippen LogP contribution in [-0.2, 0) is 0 Å². The van der Waals surface area contributed by atoms with Gasteiger partial charge in [-0.15, -0.1) is 0 Å². The average molecular weight is 147 g/mol. The normalized spacial score (nSPS) is 10.2. The maximum Gasteiger partial charge on any atom is -0.0119 e. The molecule has 0 unspecified atom stereocenters. The first-order valence-electron chi connectivity index (χ1n) is 4.03. The van der Waals surface area contributed by atoms with Crippen LogP contribution in [0.3, 0.4) is 0 Å². The first-order chi connectivity index (χ1) is 5.16. The molecule has 0 aromatic heterocycles. The summed E-state index contributed by atoms with van der Waals surface area (Å²) in [6.45, 7) is 8.58. The van der Waals surface area contributed by atoms with Crippen molar-refractivity contribution >= 4 is 0 Å². The summed E-state index contributed by atoms with van der Waals surface area (Å²) in [4.78, 5) is 0. The average Bonchev–Trinajstić information content (AvgIpc) is 1.99. The molecule has 59 valence electrons. The zero-order valence-corrected chi connectivity index (χ0v) is 7.73. The molecule has 0 aliphatic heterocycles. The Morgan fingerprint density at radius 1 is 1.00 bits per heavy atom. The molecule has 11 heavy (non-hydrogen) atoms. The Bertz CT molecular complexity index is 259. The highest BCUT2D eigenvalue weighted by Crippen LogP contribution is 2.18. The summed E-state index contributed by atoms with van der Waals surface area (Å²) in [5, 5.41) is 0. The minimum Gasteiger partial charge on any atom is -0.0588 e. The van der Waals surface area contributed by atoms with Crippen LogP contribution in [0.15, 0.2) is 12.1 Å². The highest BCUT2D eigenvalue weighted by molar-refractivity contribution is 5.42. The first kappa shape index (κ1) is 8.32. The number of aryl methyl sites for hydroxylation is 2. The first-order valence-corrected chi connectivity index (χ1v) is 4.03. The molecule has 0 heteroatoms. The van der Waals surface area contributed by atoms with Crippen molar-refractivity contribution in [2.75, 3.05) is 0 Å². The molecule has 0 amide bonds. The van der Waals surface area contributed by atoms with Gasteiger partial charge in [0.2, 0.25) is 0 Å². The Hall–Kier alpha value is -0.780. The Kier molecular flexibility index (Phi) is 2.33. The highest BCUT2D eigenvalue weighted by Gasteiger charge is 2.01. The molecule has 0 saturated heterocycles. The van der Waals surface area contributed by atoms with Gasteiger partial charge in [0.25, 0.3) is 0 Å². The van der Waals surface area contributed by atoms with Crippen molar-refractivity contribution in [2.45, 2.75) is 27.7 Å². The lowest BCUT2D eigenvalue weighted by atomic mass is 9.97. The van der Waals surface area contributed by atoms with Gasteiger partial charge in [-0.3, -0.25) is 0 Å². The fourth-order valence-electron chi connectivity index (χ4n) is 1.42. The molecule has 1 radical (unpaired) electrons. The molecule has 1 rings (SSSR count). The molecule has 1 aromatic rings. The van der Waals surface area contributed by atoms with Gasteiger partial charge in [-0.25, -0.2) is 0 Å². The molecule has 0 atom stereocenters. The predicted molar refractivity (Wildman–Crippen MR) is 49.7 cm³/mol. The molecule has 0 fully saturated rings. The number of hydrogen-bond donors (Lipinski definition) is 0. The van der Waals surface area contributed by atoms with Crippen LogP contribution in [0.4, 0.5) is 0 Å². The standard InChI is InChI=1S/C11H15/c1-5-11-9(3)7-6-8(2)10(11)4/h5-7H,1-4H3. The molecule has 0 heterocycles. The molecule has 0 aliphatic rings. The lowest BCUT2D eigenvalue weighted by Crippen LogP contribution is -1.92. The van der Waals surface area contributed by atoms with E-state index in [1.165, 1.54) is 22.3 Å². The Balaban J connectivity index is 3.29. The molecular weight excluding hydrogens is 132 g/mol. The quantitative estimate of drug-likeness (QED) is 0.572. The van der Waals surface area contributed by atoms with Crippen LogP contribution in [0.2, 0.25) is 0 Å². The van der Waals surface area contributed by atoms with Crippen LogP contribution < -0.4 is 0 Å². The van der Waals surface area contributed by atoms with E-state index in [0.29, 0.717) is 0 Å². The van der Waals surface area contributed by atoms with E-state index in [9.17, 15) is 0 Å². The summed E-state index contributed by atoms with van der Waals surface area (Å²) >= 11 is 0. The maximum absolute atomic E-state index is 2.18. The van der Waals surface area contributed by atoms with Crippen LogP contribution >= 0.6 is 0 Å². The molecule has 0 saturated carbocycles. The van der Waals surface area contributed by atoms with Crippen molar-refractivity contribution in [1.82, 2.24) is 0 Å². The number of benzene rings is 1. The second kappa shape index (κ2) is 3.08. The Morgan fingerprint density at radius 2 is 1.55 bits per heavy atom. The van der Waals surface area contributed by atoms with E-state index in [0.717, 1.165) is 0 Å². The third-order valence-corrected chi connectivity index (χ3v) is 2.29. The lowest BCUT2D eigenvalue weighted by molar-refractivity contribution is 1.22. The molecular formula is C11H15. The Morgan fingerprint density at radius 3 is 2.00 bits per heavy atom. The summed E-state index contributed by atoms with van der Waals surface area (Å²) in [5.41, 5.74) is 5.55.